The summed E-state index contributed by atoms with van der Waals surface area (Å²) in [5.41, 5.74) is 6.57. The fourth-order valence-electron chi connectivity index (χ4n) is 2.23. The summed E-state index contributed by atoms with van der Waals surface area (Å²) < 4.78 is 40.4. The van der Waals surface area contributed by atoms with E-state index in [0.29, 0.717) is 17.1 Å². The average molecular weight is 414 g/mol. The number of nitrogens with two attached hydrogens (primary N) is 1. The Balaban J connectivity index is 2.24. The van der Waals surface area contributed by atoms with Gasteiger partial charge in [0.05, 0.1) is 17.4 Å². The fraction of sp³-hybridized carbons (Fsp3) is 0.158. The number of benzene rings is 2. The van der Waals surface area contributed by atoms with E-state index in [1.165, 1.54) is 30.6 Å². The topological polar surface area (TPSA) is 50.7 Å². The number of hydrogen-bond donors (Lipinski definition) is 1. The van der Waals surface area contributed by atoms with Crippen LogP contribution in [0.25, 0.3) is 6.08 Å². The van der Waals surface area contributed by atoms with Crippen LogP contribution in [0.1, 0.15) is 24.0 Å². The molecule has 1 unspecified atom stereocenters. The standard InChI is InChI=1S/C19H16Cl2F3N3/c1-12(25)26-11-27-17-5-2-13(3-6-17)4-7-18(19(22,23)24)14-8-15(20)10-16(21)9-14/h2-11,18H,1H3,(H2,25,26,27)/b7-4+. The van der Waals surface area contributed by atoms with Crippen LogP contribution in [0.2, 0.25) is 10.0 Å². The highest BCUT2D eigenvalue weighted by Gasteiger charge is 2.39. The van der Waals surface area contributed by atoms with Crippen molar-refractivity contribution in [2.24, 2.45) is 15.7 Å². The molecule has 3 nitrogen and oxygen atoms in total. The number of amidine groups is 1. The van der Waals surface area contributed by atoms with Crippen LogP contribution in [-0.2, 0) is 0 Å². The third-order valence-electron chi connectivity index (χ3n) is 3.44. The normalized spacial score (nSPS) is 14.2. The van der Waals surface area contributed by atoms with Crippen molar-refractivity contribution in [2.75, 3.05) is 0 Å². The highest BCUT2D eigenvalue weighted by molar-refractivity contribution is 6.34. The van der Waals surface area contributed by atoms with Gasteiger partial charge in [0, 0.05) is 10.0 Å². The van der Waals surface area contributed by atoms with E-state index in [-0.39, 0.29) is 15.6 Å². The quantitative estimate of drug-likeness (QED) is 0.447. The lowest BCUT2D eigenvalue weighted by molar-refractivity contribution is -0.139. The maximum absolute atomic E-state index is 13.5. The van der Waals surface area contributed by atoms with Crippen LogP contribution in [-0.4, -0.2) is 18.4 Å². The van der Waals surface area contributed by atoms with Crippen LogP contribution in [0.15, 0.2) is 58.5 Å². The number of rotatable bonds is 5. The molecule has 2 N–H and O–H groups in total. The number of nitrogens with zero attached hydrogens (tertiary/aromatic N) is 2. The molecule has 27 heavy (non-hydrogen) atoms. The minimum absolute atomic E-state index is 0.0208. The molecule has 0 radical (unpaired) electrons. The van der Waals surface area contributed by atoms with Crippen molar-refractivity contribution in [3.8, 4) is 0 Å². The van der Waals surface area contributed by atoms with Gasteiger partial charge in [-0.25, -0.2) is 9.98 Å². The number of alkyl halides is 3. The van der Waals surface area contributed by atoms with Gasteiger partial charge in [-0.2, -0.15) is 13.2 Å². The molecule has 0 bridgehead atoms. The monoisotopic (exact) mass is 413 g/mol. The molecule has 8 heteroatoms. The summed E-state index contributed by atoms with van der Waals surface area (Å²) in [5, 5.41) is 0.301. The van der Waals surface area contributed by atoms with Crippen molar-refractivity contribution in [2.45, 2.75) is 19.0 Å². The molecular formula is C19H16Cl2F3N3. The first-order valence-corrected chi connectivity index (χ1v) is 8.54. The second-order valence-corrected chi connectivity index (χ2v) is 6.56. The van der Waals surface area contributed by atoms with Crippen LogP contribution in [0.4, 0.5) is 18.9 Å². The predicted octanol–water partition coefficient (Wildman–Crippen LogP) is 6.39. The van der Waals surface area contributed by atoms with Gasteiger partial charge in [0.25, 0.3) is 0 Å². The first-order valence-electron chi connectivity index (χ1n) is 7.78. The first-order chi connectivity index (χ1) is 12.6. The maximum atomic E-state index is 13.5. The predicted molar refractivity (Wildman–Crippen MR) is 106 cm³/mol. The van der Waals surface area contributed by atoms with Gasteiger partial charge in [-0.3, -0.25) is 0 Å². The SMILES string of the molecule is CC(N)=NC=Nc1ccc(/C=C/C(c2cc(Cl)cc(Cl)c2)C(F)(F)F)cc1. The molecule has 0 saturated heterocycles. The van der Waals surface area contributed by atoms with E-state index in [1.54, 1.807) is 31.2 Å². The number of aliphatic imine (C=N–C) groups is 2. The van der Waals surface area contributed by atoms with E-state index >= 15 is 0 Å². The van der Waals surface area contributed by atoms with Crippen LogP contribution in [0.3, 0.4) is 0 Å². The van der Waals surface area contributed by atoms with Crippen LogP contribution in [0.5, 0.6) is 0 Å². The molecule has 0 aliphatic heterocycles. The van der Waals surface area contributed by atoms with E-state index in [1.807, 2.05) is 0 Å². The minimum Gasteiger partial charge on any atom is -0.387 e. The van der Waals surface area contributed by atoms with Crippen molar-refractivity contribution >= 4 is 47.1 Å². The Kier molecular flexibility index (Phi) is 7.05. The van der Waals surface area contributed by atoms with Crippen molar-refractivity contribution in [1.29, 1.82) is 0 Å². The smallest absolute Gasteiger partial charge is 0.387 e. The van der Waals surface area contributed by atoms with Gasteiger partial charge in [-0.1, -0.05) is 47.5 Å². The first kappa shape index (κ1) is 21.0. The van der Waals surface area contributed by atoms with Gasteiger partial charge in [0.1, 0.15) is 6.34 Å². The highest BCUT2D eigenvalue weighted by Crippen LogP contribution is 2.38. The third kappa shape index (κ3) is 6.73. The Bertz CT molecular complexity index is 849. The lowest BCUT2D eigenvalue weighted by atomic mass is 9.97. The lowest BCUT2D eigenvalue weighted by Crippen LogP contribution is -2.18. The van der Waals surface area contributed by atoms with Crippen molar-refractivity contribution in [3.63, 3.8) is 0 Å². The minimum atomic E-state index is -4.48. The van der Waals surface area contributed by atoms with E-state index in [2.05, 4.69) is 9.98 Å². The Hall–Kier alpha value is -2.31. The van der Waals surface area contributed by atoms with Gasteiger partial charge in [0.15, 0.2) is 0 Å². The molecule has 0 spiro atoms. The Morgan fingerprint density at radius 3 is 2.19 bits per heavy atom. The average Bonchev–Trinajstić information content (AvgIpc) is 2.54. The van der Waals surface area contributed by atoms with Gasteiger partial charge in [0.2, 0.25) is 0 Å². The second-order valence-electron chi connectivity index (χ2n) is 5.69. The largest absolute Gasteiger partial charge is 0.399 e. The zero-order valence-electron chi connectivity index (χ0n) is 14.2. The summed E-state index contributed by atoms with van der Waals surface area (Å²) in [4.78, 5) is 7.88. The van der Waals surface area contributed by atoms with Crippen molar-refractivity contribution in [3.05, 3.63) is 69.7 Å². The Labute approximate surface area is 165 Å². The lowest BCUT2D eigenvalue weighted by Gasteiger charge is -2.18. The summed E-state index contributed by atoms with van der Waals surface area (Å²) in [6, 6.07) is 10.5. The molecule has 1 atom stereocenters. The van der Waals surface area contributed by atoms with Crippen molar-refractivity contribution < 1.29 is 13.2 Å². The Morgan fingerprint density at radius 2 is 1.67 bits per heavy atom. The van der Waals surface area contributed by atoms with Crippen LogP contribution in [0, 0.1) is 0 Å². The number of hydrogen-bond acceptors (Lipinski definition) is 1. The molecule has 0 fully saturated rings. The van der Waals surface area contributed by atoms with E-state index < -0.39 is 12.1 Å². The van der Waals surface area contributed by atoms with E-state index in [4.69, 9.17) is 28.9 Å². The highest BCUT2D eigenvalue weighted by atomic mass is 35.5. The van der Waals surface area contributed by atoms with Crippen LogP contribution >= 0.6 is 23.2 Å². The molecule has 0 aromatic heterocycles. The molecule has 0 saturated carbocycles. The number of halogens is 5. The van der Waals surface area contributed by atoms with Gasteiger partial charge in [-0.15, -0.1) is 0 Å². The molecule has 2 aromatic rings. The van der Waals surface area contributed by atoms with E-state index in [9.17, 15) is 13.2 Å². The summed E-state index contributed by atoms with van der Waals surface area (Å²) in [5.74, 6) is -1.45. The molecule has 0 aliphatic rings. The van der Waals surface area contributed by atoms with Crippen molar-refractivity contribution in [1.82, 2.24) is 0 Å². The zero-order valence-corrected chi connectivity index (χ0v) is 15.7. The van der Waals surface area contributed by atoms with Gasteiger partial charge >= 0.3 is 6.18 Å². The molecule has 2 rings (SSSR count). The Morgan fingerprint density at radius 1 is 1.07 bits per heavy atom. The summed E-state index contributed by atoms with van der Waals surface area (Å²) in [6.07, 6.45) is -0.708. The third-order valence-corrected chi connectivity index (χ3v) is 3.88. The fourth-order valence-corrected chi connectivity index (χ4v) is 2.77. The summed E-state index contributed by atoms with van der Waals surface area (Å²) in [7, 11) is 0. The van der Waals surface area contributed by atoms with Gasteiger partial charge < -0.3 is 5.73 Å². The second kappa shape index (κ2) is 9.06. The number of allylic oxidation sites excluding steroid dienone is 1. The molecule has 2 aromatic carbocycles. The van der Waals surface area contributed by atoms with Gasteiger partial charge in [-0.05, 0) is 48.4 Å². The molecular weight excluding hydrogens is 398 g/mol. The van der Waals surface area contributed by atoms with E-state index in [0.717, 1.165) is 6.08 Å². The zero-order chi connectivity index (χ0) is 20.0. The molecule has 0 amide bonds. The molecule has 0 aliphatic carbocycles. The maximum Gasteiger partial charge on any atom is 0.399 e. The molecule has 0 heterocycles. The summed E-state index contributed by atoms with van der Waals surface area (Å²) >= 11 is 11.7. The molecule has 142 valence electrons. The summed E-state index contributed by atoms with van der Waals surface area (Å²) in [6.45, 7) is 1.63. The van der Waals surface area contributed by atoms with Crippen LogP contribution < -0.4 is 5.73 Å².